The number of carbonyl (C=O) groups excluding carboxylic acids is 3. The third kappa shape index (κ3) is 63.8. The minimum atomic E-state index is -0.782. The van der Waals surface area contributed by atoms with Crippen molar-refractivity contribution < 1.29 is 28.6 Å². The molecule has 1 atom stereocenters. The Morgan fingerprint density at radius 1 is 0.260 bits per heavy atom. The molecule has 6 nitrogen and oxygen atoms in total. The summed E-state index contributed by atoms with van der Waals surface area (Å²) < 4.78 is 17.0. The van der Waals surface area contributed by atoms with Crippen molar-refractivity contribution in [3.05, 3.63) is 60.8 Å². The molecule has 0 fully saturated rings. The quantitative estimate of drug-likeness (QED) is 0.0261. The molecule has 0 bridgehead atoms. The van der Waals surface area contributed by atoms with Gasteiger partial charge in [-0.3, -0.25) is 14.4 Å². The van der Waals surface area contributed by atoms with Crippen molar-refractivity contribution >= 4 is 17.9 Å². The maximum absolute atomic E-state index is 12.9. The fraction of sp³-hybridized carbons (Fsp3) is 0.817. The Kier molecular flexibility index (Phi) is 63.2. The number of carbonyl (C=O) groups is 3. The van der Waals surface area contributed by atoms with E-state index in [-0.39, 0.29) is 31.1 Å². The van der Waals surface area contributed by atoms with Gasteiger partial charge in [0, 0.05) is 19.3 Å². The van der Waals surface area contributed by atoms with Crippen LogP contribution in [0.15, 0.2) is 60.8 Å². The number of allylic oxidation sites excluding steroid dienone is 10. The summed E-state index contributed by atoms with van der Waals surface area (Å²) in [6.07, 6.45) is 83.7. The second-order valence-electron chi connectivity index (χ2n) is 22.7. The van der Waals surface area contributed by atoms with Gasteiger partial charge in [0.15, 0.2) is 6.10 Å². The number of esters is 3. The van der Waals surface area contributed by atoms with Gasteiger partial charge in [0.25, 0.3) is 0 Å². The maximum Gasteiger partial charge on any atom is 0.306 e. The summed E-state index contributed by atoms with van der Waals surface area (Å²) in [5, 5.41) is 0. The molecule has 0 aromatic carbocycles. The van der Waals surface area contributed by atoms with Gasteiger partial charge in [-0.15, -0.1) is 0 Å². The monoisotopic (exact) mass is 1080 g/mol. The van der Waals surface area contributed by atoms with Gasteiger partial charge in [0.1, 0.15) is 13.2 Å². The molecule has 448 valence electrons. The molecule has 77 heavy (non-hydrogen) atoms. The molecular formula is C71H128O6. The Morgan fingerprint density at radius 3 is 0.753 bits per heavy atom. The van der Waals surface area contributed by atoms with E-state index in [9.17, 15) is 14.4 Å². The molecule has 0 aromatic heterocycles. The third-order valence-corrected chi connectivity index (χ3v) is 15.0. The van der Waals surface area contributed by atoms with E-state index in [2.05, 4.69) is 81.5 Å². The summed E-state index contributed by atoms with van der Waals surface area (Å²) >= 11 is 0. The van der Waals surface area contributed by atoms with Crippen LogP contribution in [0.5, 0.6) is 0 Å². The topological polar surface area (TPSA) is 78.9 Å². The van der Waals surface area contributed by atoms with E-state index < -0.39 is 6.10 Å². The molecule has 0 spiro atoms. The summed E-state index contributed by atoms with van der Waals surface area (Å²) in [6, 6.07) is 0. The molecule has 0 rings (SSSR count). The van der Waals surface area contributed by atoms with E-state index in [1.807, 2.05) is 0 Å². The van der Waals surface area contributed by atoms with E-state index in [0.717, 1.165) is 77.0 Å². The molecular weight excluding hydrogens is 949 g/mol. The minimum Gasteiger partial charge on any atom is -0.462 e. The van der Waals surface area contributed by atoms with Crippen LogP contribution in [0.2, 0.25) is 0 Å². The lowest BCUT2D eigenvalue weighted by Crippen LogP contribution is -2.30. The summed E-state index contributed by atoms with van der Waals surface area (Å²) in [4.78, 5) is 38.4. The highest BCUT2D eigenvalue weighted by atomic mass is 16.6. The van der Waals surface area contributed by atoms with Crippen LogP contribution in [0.3, 0.4) is 0 Å². The minimum absolute atomic E-state index is 0.0779. The molecule has 0 aliphatic heterocycles. The molecule has 0 saturated carbocycles. The molecule has 0 aromatic rings. The van der Waals surface area contributed by atoms with Gasteiger partial charge in [-0.2, -0.15) is 0 Å². The second-order valence-corrected chi connectivity index (χ2v) is 22.7. The van der Waals surface area contributed by atoms with E-state index in [1.165, 1.54) is 238 Å². The van der Waals surface area contributed by atoms with Crippen molar-refractivity contribution in [1.29, 1.82) is 0 Å². The van der Waals surface area contributed by atoms with Gasteiger partial charge in [0.05, 0.1) is 0 Å². The van der Waals surface area contributed by atoms with Gasteiger partial charge in [-0.25, -0.2) is 0 Å². The van der Waals surface area contributed by atoms with Crippen molar-refractivity contribution in [3.8, 4) is 0 Å². The Hall–Kier alpha value is -2.89. The predicted molar refractivity (Wildman–Crippen MR) is 335 cm³/mol. The van der Waals surface area contributed by atoms with Crippen LogP contribution in [0, 0.1) is 0 Å². The molecule has 0 saturated heterocycles. The zero-order valence-corrected chi connectivity index (χ0v) is 51.5. The van der Waals surface area contributed by atoms with Crippen molar-refractivity contribution in [3.63, 3.8) is 0 Å². The number of ether oxygens (including phenoxy) is 3. The van der Waals surface area contributed by atoms with Crippen LogP contribution in [0.25, 0.3) is 0 Å². The van der Waals surface area contributed by atoms with Crippen LogP contribution >= 0.6 is 0 Å². The summed E-state index contributed by atoms with van der Waals surface area (Å²) in [6.45, 7) is 6.65. The molecule has 0 heterocycles. The lowest BCUT2D eigenvalue weighted by Gasteiger charge is -2.18. The van der Waals surface area contributed by atoms with Gasteiger partial charge < -0.3 is 14.2 Å². The average molecular weight is 1080 g/mol. The number of unbranched alkanes of at least 4 members (excludes halogenated alkanes) is 41. The Bertz CT molecular complexity index is 1380. The van der Waals surface area contributed by atoms with Gasteiger partial charge >= 0.3 is 17.9 Å². The highest BCUT2D eigenvalue weighted by Crippen LogP contribution is 2.17. The fourth-order valence-corrected chi connectivity index (χ4v) is 9.85. The van der Waals surface area contributed by atoms with Crippen LogP contribution in [-0.4, -0.2) is 37.2 Å². The predicted octanol–water partition coefficient (Wildman–Crippen LogP) is 23.1. The first-order chi connectivity index (χ1) is 38.0. The lowest BCUT2D eigenvalue weighted by atomic mass is 10.1. The first-order valence-electron chi connectivity index (χ1n) is 33.8. The summed E-state index contributed by atoms with van der Waals surface area (Å²) in [7, 11) is 0. The molecule has 6 heteroatoms. The van der Waals surface area contributed by atoms with E-state index in [0.29, 0.717) is 19.3 Å². The Morgan fingerprint density at radius 2 is 0.468 bits per heavy atom. The lowest BCUT2D eigenvalue weighted by molar-refractivity contribution is -0.167. The SMILES string of the molecule is CCCCC/C=C\C/C=C\CCCCCCCCCC(=O)OCC(COC(=O)CCCCCCCCCCC/C=C\C/C=C\CCCCCCC)OC(=O)CCCCCCCCCCC/C=C\CCCCCCCCCC. The zero-order valence-electron chi connectivity index (χ0n) is 51.5. The van der Waals surface area contributed by atoms with Crippen molar-refractivity contribution in [2.24, 2.45) is 0 Å². The van der Waals surface area contributed by atoms with Crippen molar-refractivity contribution in [2.45, 2.75) is 361 Å². The van der Waals surface area contributed by atoms with Gasteiger partial charge in [-0.05, 0) is 109 Å². The van der Waals surface area contributed by atoms with E-state index in [4.69, 9.17) is 14.2 Å². The normalized spacial score (nSPS) is 12.4. The standard InChI is InChI=1S/C71H128O6/c1-4-7-10-13-16-19-22-25-28-31-33-35-37-40-43-46-49-52-55-58-61-64-70(73)76-67-68(66-75-69(72)63-60-57-54-51-48-45-42-39-30-27-24-21-18-15-12-9-6-3)77-71(74)65-62-59-56-53-50-47-44-41-38-36-34-32-29-26-23-20-17-14-11-8-5-2/h18,21-22,25,27,30-34,68H,4-17,19-20,23-24,26,28-29,35-67H2,1-3H3/b21-18-,25-22-,30-27-,33-31-,34-32-. The van der Waals surface area contributed by atoms with Crippen LogP contribution in [0.1, 0.15) is 355 Å². The van der Waals surface area contributed by atoms with Crippen molar-refractivity contribution in [2.75, 3.05) is 13.2 Å². The fourth-order valence-electron chi connectivity index (χ4n) is 9.85. The Labute approximate surface area is 479 Å². The van der Waals surface area contributed by atoms with Crippen LogP contribution in [-0.2, 0) is 28.6 Å². The summed E-state index contributed by atoms with van der Waals surface area (Å²) in [5.41, 5.74) is 0. The third-order valence-electron chi connectivity index (χ3n) is 15.0. The Balaban J connectivity index is 4.36. The molecule has 1 unspecified atom stereocenters. The van der Waals surface area contributed by atoms with Crippen LogP contribution in [0.4, 0.5) is 0 Å². The van der Waals surface area contributed by atoms with Gasteiger partial charge in [-0.1, -0.05) is 287 Å². The van der Waals surface area contributed by atoms with Gasteiger partial charge in [0.2, 0.25) is 0 Å². The largest absolute Gasteiger partial charge is 0.462 e. The number of rotatable bonds is 62. The second kappa shape index (κ2) is 65.6. The zero-order chi connectivity index (χ0) is 55.7. The maximum atomic E-state index is 12.9. The van der Waals surface area contributed by atoms with E-state index in [1.54, 1.807) is 0 Å². The first-order valence-corrected chi connectivity index (χ1v) is 33.8. The smallest absolute Gasteiger partial charge is 0.306 e. The van der Waals surface area contributed by atoms with Crippen molar-refractivity contribution in [1.82, 2.24) is 0 Å². The highest BCUT2D eigenvalue weighted by molar-refractivity contribution is 5.71. The molecule has 0 amide bonds. The van der Waals surface area contributed by atoms with E-state index >= 15 is 0 Å². The first kappa shape index (κ1) is 74.1. The van der Waals surface area contributed by atoms with Crippen LogP contribution < -0.4 is 0 Å². The molecule has 0 radical (unpaired) electrons. The summed E-state index contributed by atoms with van der Waals surface area (Å²) in [5.74, 6) is -0.872. The molecule has 0 aliphatic carbocycles. The number of hydrogen-bond acceptors (Lipinski definition) is 6. The highest BCUT2D eigenvalue weighted by Gasteiger charge is 2.19. The average Bonchev–Trinajstić information content (AvgIpc) is 3.43. The molecule has 0 aliphatic rings. The molecule has 0 N–H and O–H groups in total. The number of hydrogen-bond donors (Lipinski definition) is 0.